The molecule has 0 aromatic rings. The minimum Gasteiger partial charge on any atom is -0.481 e. The lowest BCUT2D eigenvalue weighted by Crippen LogP contribution is -2.49. The summed E-state index contributed by atoms with van der Waals surface area (Å²) < 4.78 is 22.8. The van der Waals surface area contributed by atoms with Gasteiger partial charge in [0.15, 0.2) is 9.84 Å². The summed E-state index contributed by atoms with van der Waals surface area (Å²) >= 11 is 0. The molecule has 14 heavy (non-hydrogen) atoms. The Bertz CT molecular complexity index is 325. The average molecular weight is 220 g/mol. The first-order valence-corrected chi connectivity index (χ1v) is 6.32. The van der Waals surface area contributed by atoms with Crippen molar-refractivity contribution in [3.8, 4) is 0 Å². The van der Waals surface area contributed by atoms with E-state index in [1.807, 2.05) is 0 Å². The second-order valence-electron chi connectivity index (χ2n) is 4.20. The van der Waals surface area contributed by atoms with E-state index in [0.29, 0.717) is 12.8 Å². The van der Waals surface area contributed by atoms with Crippen LogP contribution in [0.25, 0.3) is 0 Å². The summed E-state index contributed by atoms with van der Waals surface area (Å²) in [6.07, 6.45) is 1.58. The maximum atomic E-state index is 11.9. The van der Waals surface area contributed by atoms with E-state index >= 15 is 0 Å². The zero-order valence-corrected chi connectivity index (χ0v) is 9.30. The maximum absolute atomic E-state index is 11.9. The summed E-state index contributed by atoms with van der Waals surface area (Å²) in [5.41, 5.74) is 0. The number of carbonyl (C=O) groups is 1. The molecule has 1 fully saturated rings. The summed E-state index contributed by atoms with van der Waals surface area (Å²) in [6, 6.07) is 0. The monoisotopic (exact) mass is 220 g/mol. The van der Waals surface area contributed by atoms with Gasteiger partial charge in [-0.3, -0.25) is 4.79 Å². The first kappa shape index (κ1) is 11.5. The largest absolute Gasteiger partial charge is 0.481 e. The van der Waals surface area contributed by atoms with Gasteiger partial charge in [-0.05, 0) is 26.7 Å². The van der Waals surface area contributed by atoms with Gasteiger partial charge in [0.1, 0.15) is 0 Å². The third kappa shape index (κ3) is 1.65. The molecule has 0 radical (unpaired) electrons. The van der Waals surface area contributed by atoms with E-state index in [9.17, 15) is 13.2 Å². The van der Waals surface area contributed by atoms with Gasteiger partial charge in [0.25, 0.3) is 0 Å². The highest BCUT2D eigenvalue weighted by Gasteiger charge is 2.51. The molecule has 0 saturated heterocycles. The van der Waals surface area contributed by atoms with Crippen LogP contribution in [0.5, 0.6) is 0 Å². The molecule has 0 aliphatic heterocycles. The van der Waals surface area contributed by atoms with Crippen molar-refractivity contribution in [1.82, 2.24) is 0 Å². The topological polar surface area (TPSA) is 71.4 Å². The molecule has 0 aromatic heterocycles. The van der Waals surface area contributed by atoms with Gasteiger partial charge in [0.2, 0.25) is 0 Å². The minimum absolute atomic E-state index is 0.243. The molecule has 0 amide bonds. The molecule has 4 nitrogen and oxygen atoms in total. The van der Waals surface area contributed by atoms with E-state index in [-0.39, 0.29) is 6.42 Å². The molecule has 0 bridgehead atoms. The maximum Gasteiger partial charge on any atom is 0.304 e. The van der Waals surface area contributed by atoms with Crippen molar-refractivity contribution in [1.29, 1.82) is 0 Å². The van der Waals surface area contributed by atoms with Gasteiger partial charge >= 0.3 is 5.97 Å². The SMILES string of the molecule is CC(C)S(=O)(=O)C1(CC(=O)O)CCC1. The van der Waals surface area contributed by atoms with Crippen LogP contribution in [0.1, 0.15) is 39.5 Å². The minimum atomic E-state index is -3.28. The van der Waals surface area contributed by atoms with Gasteiger partial charge < -0.3 is 5.11 Å². The summed E-state index contributed by atoms with van der Waals surface area (Å²) in [7, 11) is -3.28. The number of hydrogen-bond acceptors (Lipinski definition) is 3. The molecule has 0 heterocycles. The van der Waals surface area contributed by atoms with E-state index in [4.69, 9.17) is 5.11 Å². The van der Waals surface area contributed by atoms with E-state index in [0.717, 1.165) is 6.42 Å². The van der Waals surface area contributed by atoms with Gasteiger partial charge in [0, 0.05) is 0 Å². The Morgan fingerprint density at radius 1 is 1.43 bits per heavy atom. The Kier molecular flexibility index (Phi) is 2.90. The van der Waals surface area contributed by atoms with Crippen LogP contribution in [0, 0.1) is 0 Å². The predicted octanol–water partition coefficient (Wildman–Crippen LogP) is 1.21. The van der Waals surface area contributed by atoms with Crippen molar-refractivity contribution in [2.75, 3.05) is 0 Å². The molecular formula is C9H16O4S. The van der Waals surface area contributed by atoms with Crippen molar-refractivity contribution in [3.05, 3.63) is 0 Å². The Morgan fingerprint density at radius 3 is 2.14 bits per heavy atom. The molecule has 1 aliphatic carbocycles. The fraction of sp³-hybridized carbons (Fsp3) is 0.889. The summed E-state index contributed by atoms with van der Waals surface area (Å²) in [4.78, 5) is 10.6. The van der Waals surface area contributed by atoms with Crippen molar-refractivity contribution in [2.45, 2.75) is 49.5 Å². The molecule has 5 heteroatoms. The number of carboxylic acids is 1. The van der Waals surface area contributed by atoms with Crippen LogP contribution >= 0.6 is 0 Å². The normalized spacial score (nSPS) is 20.5. The van der Waals surface area contributed by atoms with Gasteiger partial charge in [0.05, 0.1) is 16.4 Å². The van der Waals surface area contributed by atoms with Crippen LogP contribution in [0.15, 0.2) is 0 Å². The van der Waals surface area contributed by atoms with Crippen LogP contribution in [-0.4, -0.2) is 29.5 Å². The molecule has 0 spiro atoms. The van der Waals surface area contributed by atoms with Crippen molar-refractivity contribution < 1.29 is 18.3 Å². The molecule has 1 rings (SSSR count). The second kappa shape index (κ2) is 3.53. The number of aliphatic carboxylic acids is 1. The number of hydrogen-bond donors (Lipinski definition) is 1. The van der Waals surface area contributed by atoms with Crippen LogP contribution < -0.4 is 0 Å². The highest BCUT2D eigenvalue weighted by molar-refractivity contribution is 7.93. The van der Waals surface area contributed by atoms with E-state index < -0.39 is 25.8 Å². The lowest BCUT2D eigenvalue weighted by Gasteiger charge is -2.41. The fourth-order valence-corrected chi connectivity index (χ4v) is 4.09. The predicted molar refractivity (Wildman–Crippen MR) is 52.9 cm³/mol. The van der Waals surface area contributed by atoms with Crippen molar-refractivity contribution >= 4 is 15.8 Å². The average Bonchev–Trinajstić information content (AvgIpc) is 1.95. The lowest BCUT2D eigenvalue weighted by molar-refractivity contribution is -0.138. The summed E-state index contributed by atoms with van der Waals surface area (Å²) in [5, 5.41) is 8.21. The Labute approximate surface area is 84.2 Å². The van der Waals surface area contributed by atoms with Crippen molar-refractivity contribution in [2.24, 2.45) is 0 Å². The van der Waals surface area contributed by atoms with Gasteiger partial charge in [-0.1, -0.05) is 6.42 Å². The molecule has 82 valence electrons. The van der Waals surface area contributed by atoms with E-state index in [2.05, 4.69) is 0 Å². The van der Waals surface area contributed by atoms with Gasteiger partial charge in [-0.25, -0.2) is 8.42 Å². The quantitative estimate of drug-likeness (QED) is 0.773. The third-order valence-corrected chi connectivity index (χ3v) is 5.96. The van der Waals surface area contributed by atoms with Gasteiger partial charge in [-0.15, -0.1) is 0 Å². The van der Waals surface area contributed by atoms with E-state index in [1.165, 1.54) is 0 Å². The van der Waals surface area contributed by atoms with Crippen LogP contribution in [0.4, 0.5) is 0 Å². The van der Waals surface area contributed by atoms with Crippen LogP contribution in [-0.2, 0) is 14.6 Å². The number of rotatable bonds is 4. The Balaban J connectivity index is 2.96. The smallest absolute Gasteiger partial charge is 0.304 e. The zero-order chi connectivity index (χ0) is 11.0. The molecule has 1 N–H and O–H groups in total. The van der Waals surface area contributed by atoms with Crippen molar-refractivity contribution in [3.63, 3.8) is 0 Å². The first-order valence-electron chi connectivity index (χ1n) is 4.77. The number of sulfone groups is 1. The summed E-state index contributed by atoms with van der Waals surface area (Å²) in [5.74, 6) is -1.02. The summed E-state index contributed by atoms with van der Waals surface area (Å²) in [6.45, 7) is 3.22. The fourth-order valence-electron chi connectivity index (χ4n) is 1.91. The van der Waals surface area contributed by atoms with Gasteiger partial charge in [-0.2, -0.15) is 0 Å². The zero-order valence-electron chi connectivity index (χ0n) is 8.49. The standard InChI is InChI=1S/C9H16O4S/c1-7(2)14(12,13)9(4-3-5-9)6-8(10)11/h7H,3-6H2,1-2H3,(H,10,11). The molecule has 0 atom stereocenters. The van der Waals surface area contributed by atoms with Crippen LogP contribution in [0.2, 0.25) is 0 Å². The third-order valence-electron chi connectivity index (χ3n) is 2.96. The first-order chi connectivity index (χ1) is 6.32. The Morgan fingerprint density at radius 2 is 1.93 bits per heavy atom. The second-order valence-corrected chi connectivity index (χ2v) is 7.10. The Hall–Kier alpha value is -0.580. The lowest BCUT2D eigenvalue weighted by atomic mass is 9.82. The van der Waals surface area contributed by atoms with E-state index in [1.54, 1.807) is 13.8 Å². The molecular weight excluding hydrogens is 204 g/mol. The molecule has 1 aliphatic rings. The molecule has 1 saturated carbocycles. The highest BCUT2D eigenvalue weighted by atomic mass is 32.2. The molecule has 0 aromatic carbocycles. The van der Waals surface area contributed by atoms with Crippen LogP contribution in [0.3, 0.4) is 0 Å². The molecule has 0 unspecified atom stereocenters. The number of carboxylic acid groups (broad SMARTS) is 1. The highest BCUT2D eigenvalue weighted by Crippen LogP contribution is 2.44.